The van der Waals surface area contributed by atoms with Gasteiger partial charge in [-0.2, -0.15) is 4.98 Å². The zero-order valence-corrected chi connectivity index (χ0v) is 16.2. The van der Waals surface area contributed by atoms with Gasteiger partial charge < -0.3 is 19.9 Å². The summed E-state index contributed by atoms with van der Waals surface area (Å²) in [7, 11) is 0. The Morgan fingerprint density at radius 1 is 1.11 bits per heavy atom. The number of hydrogen-bond acceptors (Lipinski definition) is 7. The van der Waals surface area contributed by atoms with Gasteiger partial charge in [-0.3, -0.25) is 0 Å². The molecule has 1 aromatic heterocycles. The monoisotopic (exact) mass is 369 g/mol. The largest absolute Gasteiger partial charge is 0.462 e. The van der Waals surface area contributed by atoms with Crippen molar-refractivity contribution in [3.05, 3.63) is 41.6 Å². The van der Waals surface area contributed by atoms with E-state index in [2.05, 4.69) is 32.0 Å². The van der Waals surface area contributed by atoms with Gasteiger partial charge in [0.15, 0.2) is 0 Å². The Labute approximate surface area is 160 Å². The van der Waals surface area contributed by atoms with Gasteiger partial charge in [0.25, 0.3) is 0 Å². The summed E-state index contributed by atoms with van der Waals surface area (Å²) in [5.74, 6) is 1.20. The summed E-state index contributed by atoms with van der Waals surface area (Å²) in [5.41, 5.74) is 2.32. The fourth-order valence-corrected chi connectivity index (χ4v) is 3.07. The standard InChI is InChI=1S/C20H27N5O2/c1-4-24-10-12-25(13-11-24)20-21-15(3)14-18(23-20)22-17-8-6-16(7-9-17)19(26)27-5-2/h6-9,14H,4-5,10-13H2,1-3H3,(H,21,22,23). The molecule has 3 rings (SSSR count). The molecule has 7 nitrogen and oxygen atoms in total. The summed E-state index contributed by atoms with van der Waals surface area (Å²) >= 11 is 0. The van der Waals surface area contributed by atoms with Crippen molar-refractivity contribution in [3.8, 4) is 0 Å². The minimum Gasteiger partial charge on any atom is -0.462 e. The van der Waals surface area contributed by atoms with Crippen LogP contribution in [-0.4, -0.2) is 60.2 Å². The SMILES string of the molecule is CCOC(=O)c1ccc(Nc2cc(C)nc(N3CCN(CC)CC3)n2)cc1. The lowest BCUT2D eigenvalue weighted by Gasteiger charge is -2.34. The minimum absolute atomic E-state index is 0.310. The summed E-state index contributed by atoms with van der Waals surface area (Å²) in [5, 5.41) is 3.30. The number of aromatic nitrogens is 2. The molecule has 2 aromatic rings. The van der Waals surface area contributed by atoms with Gasteiger partial charge in [-0.25, -0.2) is 9.78 Å². The molecule has 0 atom stereocenters. The Morgan fingerprint density at radius 3 is 2.44 bits per heavy atom. The Balaban J connectivity index is 1.70. The number of esters is 1. The van der Waals surface area contributed by atoms with Gasteiger partial charge in [-0.05, 0) is 44.7 Å². The minimum atomic E-state index is -0.310. The van der Waals surface area contributed by atoms with E-state index in [1.54, 1.807) is 19.1 Å². The van der Waals surface area contributed by atoms with Gasteiger partial charge >= 0.3 is 5.97 Å². The van der Waals surface area contributed by atoms with Crippen molar-refractivity contribution in [2.24, 2.45) is 0 Å². The second kappa shape index (κ2) is 8.81. The Kier molecular flexibility index (Phi) is 6.24. The lowest BCUT2D eigenvalue weighted by atomic mass is 10.2. The lowest BCUT2D eigenvalue weighted by molar-refractivity contribution is 0.0526. The molecule has 1 N–H and O–H groups in total. The first-order valence-electron chi connectivity index (χ1n) is 9.46. The van der Waals surface area contributed by atoms with Gasteiger partial charge in [0, 0.05) is 43.6 Å². The Morgan fingerprint density at radius 2 is 1.81 bits per heavy atom. The normalized spacial score (nSPS) is 14.9. The van der Waals surface area contributed by atoms with Crippen molar-refractivity contribution in [1.82, 2.24) is 14.9 Å². The second-order valence-electron chi connectivity index (χ2n) is 6.54. The van der Waals surface area contributed by atoms with E-state index in [4.69, 9.17) is 4.74 Å². The van der Waals surface area contributed by atoms with Crippen molar-refractivity contribution in [3.63, 3.8) is 0 Å². The number of nitrogens with zero attached hydrogens (tertiary/aromatic N) is 4. The van der Waals surface area contributed by atoms with Crippen molar-refractivity contribution in [2.45, 2.75) is 20.8 Å². The highest BCUT2D eigenvalue weighted by Gasteiger charge is 2.18. The van der Waals surface area contributed by atoms with Gasteiger partial charge in [0.1, 0.15) is 5.82 Å². The van der Waals surface area contributed by atoms with Crippen molar-refractivity contribution in [1.29, 1.82) is 0 Å². The predicted octanol–water partition coefficient (Wildman–Crippen LogP) is 2.85. The zero-order valence-electron chi connectivity index (χ0n) is 16.2. The van der Waals surface area contributed by atoms with Crippen LogP contribution in [0.15, 0.2) is 30.3 Å². The molecule has 7 heteroatoms. The average molecular weight is 369 g/mol. The quantitative estimate of drug-likeness (QED) is 0.785. The van der Waals surface area contributed by atoms with Crippen LogP contribution in [-0.2, 0) is 4.74 Å². The van der Waals surface area contributed by atoms with Gasteiger partial charge in [0.05, 0.1) is 12.2 Å². The Hall–Kier alpha value is -2.67. The van der Waals surface area contributed by atoms with E-state index in [0.717, 1.165) is 55.9 Å². The number of aryl methyl sites for hydroxylation is 1. The van der Waals surface area contributed by atoms with Crippen molar-refractivity contribution in [2.75, 3.05) is 49.5 Å². The number of piperazine rings is 1. The van der Waals surface area contributed by atoms with Crippen molar-refractivity contribution >= 4 is 23.4 Å². The molecular formula is C20H27N5O2. The van der Waals surface area contributed by atoms with E-state index in [9.17, 15) is 4.79 Å². The molecule has 1 aromatic carbocycles. The third-order valence-electron chi connectivity index (χ3n) is 4.61. The van der Waals surface area contributed by atoms with Crippen molar-refractivity contribution < 1.29 is 9.53 Å². The third-order valence-corrected chi connectivity index (χ3v) is 4.61. The number of carbonyl (C=O) groups excluding carboxylic acids is 1. The first-order valence-corrected chi connectivity index (χ1v) is 9.46. The summed E-state index contributed by atoms with van der Waals surface area (Å²) in [4.78, 5) is 25.7. The Bertz CT molecular complexity index is 770. The van der Waals surface area contributed by atoms with E-state index in [1.165, 1.54) is 0 Å². The van der Waals surface area contributed by atoms with Crippen LogP contribution < -0.4 is 10.2 Å². The summed E-state index contributed by atoms with van der Waals surface area (Å²) < 4.78 is 5.01. The summed E-state index contributed by atoms with van der Waals surface area (Å²) in [6, 6.07) is 9.12. The summed E-state index contributed by atoms with van der Waals surface area (Å²) in [6.45, 7) is 11.3. The predicted molar refractivity (Wildman–Crippen MR) is 107 cm³/mol. The van der Waals surface area contributed by atoms with Crippen LogP contribution in [0.5, 0.6) is 0 Å². The molecule has 0 amide bonds. The van der Waals surface area contributed by atoms with E-state index in [0.29, 0.717) is 12.2 Å². The highest BCUT2D eigenvalue weighted by molar-refractivity contribution is 5.89. The van der Waals surface area contributed by atoms with Crippen LogP contribution in [0.2, 0.25) is 0 Å². The fraction of sp³-hybridized carbons (Fsp3) is 0.450. The van der Waals surface area contributed by atoms with Crippen LogP contribution in [0, 0.1) is 6.92 Å². The van der Waals surface area contributed by atoms with Gasteiger partial charge in [0.2, 0.25) is 5.95 Å². The third kappa shape index (κ3) is 4.95. The van der Waals surface area contributed by atoms with Crippen LogP contribution >= 0.6 is 0 Å². The zero-order chi connectivity index (χ0) is 19.2. The number of benzene rings is 1. The number of carbonyl (C=O) groups is 1. The molecule has 2 heterocycles. The number of rotatable bonds is 6. The molecule has 0 unspecified atom stereocenters. The average Bonchev–Trinajstić information content (AvgIpc) is 2.68. The van der Waals surface area contributed by atoms with E-state index < -0.39 is 0 Å². The van der Waals surface area contributed by atoms with E-state index >= 15 is 0 Å². The first kappa shape index (κ1) is 19.1. The first-order chi connectivity index (χ1) is 13.1. The second-order valence-corrected chi connectivity index (χ2v) is 6.54. The van der Waals surface area contributed by atoms with Crippen LogP contribution in [0.3, 0.4) is 0 Å². The molecule has 1 aliphatic rings. The maximum absolute atomic E-state index is 11.8. The number of ether oxygens (including phenoxy) is 1. The molecule has 144 valence electrons. The van der Waals surface area contributed by atoms with Crippen LogP contribution in [0.1, 0.15) is 29.9 Å². The number of nitrogens with one attached hydrogen (secondary N) is 1. The number of hydrogen-bond donors (Lipinski definition) is 1. The summed E-state index contributed by atoms with van der Waals surface area (Å²) in [6.07, 6.45) is 0. The fourth-order valence-electron chi connectivity index (χ4n) is 3.07. The van der Waals surface area contributed by atoms with Crippen LogP contribution in [0.25, 0.3) is 0 Å². The molecule has 0 radical (unpaired) electrons. The molecule has 1 aliphatic heterocycles. The molecular weight excluding hydrogens is 342 g/mol. The van der Waals surface area contributed by atoms with Gasteiger partial charge in [-0.1, -0.05) is 6.92 Å². The molecule has 0 aliphatic carbocycles. The van der Waals surface area contributed by atoms with Gasteiger partial charge in [-0.15, -0.1) is 0 Å². The molecule has 1 saturated heterocycles. The molecule has 0 saturated carbocycles. The highest BCUT2D eigenvalue weighted by Crippen LogP contribution is 2.20. The van der Waals surface area contributed by atoms with E-state index in [1.807, 2.05) is 25.1 Å². The molecule has 1 fully saturated rings. The molecule has 27 heavy (non-hydrogen) atoms. The van der Waals surface area contributed by atoms with Crippen LogP contribution in [0.4, 0.5) is 17.5 Å². The lowest BCUT2D eigenvalue weighted by Crippen LogP contribution is -2.46. The molecule has 0 spiro atoms. The maximum atomic E-state index is 11.8. The molecule has 0 bridgehead atoms. The number of likely N-dealkylation sites (N-methyl/N-ethyl adjacent to an activating group) is 1. The van der Waals surface area contributed by atoms with E-state index in [-0.39, 0.29) is 5.97 Å². The smallest absolute Gasteiger partial charge is 0.338 e. The number of anilines is 3. The maximum Gasteiger partial charge on any atom is 0.338 e. The highest BCUT2D eigenvalue weighted by atomic mass is 16.5. The topological polar surface area (TPSA) is 70.6 Å².